The quantitative estimate of drug-likeness (QED) is 0.667. The molecule has 0 aromatic heterocycles. The molecule has 0 atom stereocenters. The molecule has 0 saturated carbocycles. The normalized spacial score (nSPS) is 9.95. The van der Waals surface area contributed by atoms with Gasteiger partial charge in [0, 0.05) is 5.56 Å². The topological polar surface area (TPSA) is 75.6 Å². The summed E-state index contributed by atoms with van der Waals surface area (Å²) < 4.78 is 5.07. The molecular weight excluding hydrogens is 270 g/mol. The minimum absolute atomic E-state index is 0.0385. The highest BCUT2D eigenvalue weighted by molar-refractivity contribution is 6.02. The Morgan fingerprint density at radius 1 is 1.14 bits per heavy atom. The number of anilines is 1. The van der Waals surface area contributed by atoms with Gasteiger partial charge in [0.05, 0.1) is 5.69 Å². The summed E-state index contributed by atoms with van der Waals surface area (Å²) in [5.41, 5.74) is 1.40. The molecule has 2 rings (SSSR count). The van der Waals surface area contributed by atoms with Crippen molar-refractivity contribution in [2.75, 3.05) is 5.32 Å². The van der Waals surface area contributed by atoms with Gasteiger partial charge >= 0.3 is 6.09 Å². The van der Waals surface area contributed by atoms with E-state index in [0.717, 1.165) is 5.56 Å². The molecule has 5 heteroatoms. The molecule has 0 fully saturated rings. The predicted octanol–water partition coefficient (Wildman–Crippen LogP) is 3.34. The summed E-state index contributed by atoms with van der Waals surface area (Å²) in [5.74, 6) is -0.298. The van der Waals surface area contributed by atoms with Gasteiger partial charge < -0.3 is 9.84 Å². The van der Waals surface area contributed by atoms with Crippen molar-refractivity contribution in [3.8, 4) is 5.75 Å². The van der Waals surface area contributed by atoms with Crippen LogP contribution < -0.4 is 5.32 Å². The summed E-state index contributed by atoms with van der Waals surface area (Å²) >= 11 is 0. The SMILES string of the molecule is CC(=O)c1cc(O)ccc1NC(=O)OCc1ccccc1. The van der Waals surface area contributed by atoms with Gasteiger partial charge in [-0.3, -0.25) is 10.1 Å². The average molecular weight is 285 g/mol. The molecule has 1 amide bonds. The molecule has 2 N–H and O–H groups in total. The molecule has 0 aliphatic heterocycles. The highest BCUT2D eigenvalue weighted by Gasteiger charge is 2.12. The van der Waals surface area contributed by atoms with Crippen molar-refractivity contribution in [3.05, 3.63) is 59.7 Å². The minimum atomic E-state index is -0.660. The highest BCUT2D eigenvalue weighted by Crippen LogP contribution is 2.22. The third kappa shape index (κ3) is 4.07. The van der Waals surface area contributed by atoms with Crippen molar-refractivity contribution in [1.82, 2.24) is 0 Å². The number of carbonyl (C=O) groups is 2. The van der Waals surface area contributed by atoms with Crippen molar-refractivity contribution < 1.29 is 19.4 Å². The molecule has 2 aromatic rings. The summed E-state index contributed by atoms with van der Waals surface area (Å²) in [6.45, 7) is 1.50. The number of rotatable bonds is 4. The zero-order valence-electron chi connectivity index (χ0n) is 11.5. The van der Waals surface area contributed by atoms with Crippen LogP contribution >= 0.6 is 0 Å². The lowest BCUT2D eigenvalue weighted by Gasteiger charge is -2.10. The van der Waals surface area contributed by atoms with Crippen LogP contribution in [0.15, 0.2) is 48.5 Å². The van der Waals surface area contributed by atoms with E-state index < -0.39 is 6.09 Å². The predicted molar refractivity (Wildman–Crippen MR) is 78.4 cm³/mol. The first-order valence-electron chi connectivity index (χ1n) is 6.38. The van der Waals surface area contributed by atoms with Crippen molar-refractivity contribution >= 4 is 17.6 Å². The summed E-state index contributed by atoms with van der Waals surface area (Å²) in [6.07, 6.45) is -0.660. The van der Waals surface area contributed by atoms with E-state index in [1.807, 2.05) is 30.3 Å². The van der Waals surface area contributed by atoms with E-state index in [0.29, 0.717) is 5.69 Å². The maximum Gasteiger partial charge on any atom is 0.411 e. The molecule has 0 unspecified atom stereocenters. The van der Waals surface area contributed by atoms with Crippen molar-refractivity contribution in [1.29, 1.82) is 0 Å². The van der Waals surface area contributed by atoms with Crippen LogP contribution in [0.5, 0.6) is 5.75 Å². The number of Topliss-reactive ketones (excluding diaryl/α,β-unsaturated/α-hetero) is 1. The molecule has 108 valence electrons. The molecule has 0 heterocycles. The van der Waals surface area contributed by atoms with E-state index in [-0.39, 0.29) is 23.7 Å². The van der Waals surface area contributed by atoms with Crippen LogP contribution in [-0.4, -0.2) is 17.0 Å². The molecule has 0 aliphatic rings. The third-order valence-corrected chi connectivity index (χ3v) is 2.83. The molecule has 0 aliphatic carbocycles. The van der Waals surface area contributed by atoms with Crippen LogP contribution in [0.3, 0.4) is 0 Å². The lowest BCUT2D eigenvalue weighted by Crippen LogP contribution is -2.15. The molecule has 5 nitrogen and oxygen atoms in total. The van der Waals surface area contributed by atoms with Crippen LogP contribution in [0.25, 0.3) is 0 Å². The molecular formula is C16H15NO4. The van der Waals surface area contributed by atoms with Crippen LogP contribution in [0.4, 0.5) is 10.5 Å². The second kappa shape index (κ2) is 6.56. The van der Waals surface area contributed by atoms with Gasteiger partial charge in [-0.15, -0.1) is 0 Å². The number of aromatic hydroxyl groups is 1. The van der Waals surface area contributed by atoms with Gasteiger partial charge in [-0.25, -0.2) is 4.79 Å². The first-order valence-corrected chi connectivity index (χ1v) is 6.38. The molecule has 2 aromatic carbocycles. The minimum Gasteiger partial charge on any atom is -0.508 e. The molecule has 0 bridgehead atoms. The fourth-order valence-corrected chi connectivity index (χ4v) is 1.80. The second-order valence-corrected chi connectivity index (χ2v) is 4.47. The van der Waals surface area contributed by atoms with Gasteiger partial charge in [-0.2, -0.15) is 0 Å². The highest BCUT2D eigenvalue weighted by atomic mass is 16.5. The van der Waals surface area contributed by atoms with Crippen molar-refractivity contribution in [2.45, 2.75) is 13.5 Å². The van der Waals surface area contributed by atoms with Crippen LogP contribution in [-0.2, 0) is 11.3 Å². The zero-order chi connectivity index (χ0) is 15.2. The Labute approximate surface area is 122 Å². The van der Waals surface area contributed by atoms with E-state index >= 15 is 0 Å². The maximum atomic E-state index is 11.7. The fourth-order valence-electron chi connectivity index (χ4n) is 1.80. The first kappa shape index (κ1) is 14.6. The van der Waals surface area contributed by atoms with Gasteiger partial charge in [0.1, 0.15) is 12.4 Å². The number of benzene rings is 2. The average Bonchev–Trinajstić information content (AvgIpc) is 2.48. The number of hydrogen-bond acceptors (Lipinski definition) is 4. The summed E-state index contributed by atoms with van der Waals surface area (Å²) in [4.78, 5) is 23.2. The Hall–Kier alpha value is -2.82. The summed E-state index contributed by atoms with van der Waals surface area (Å²) in [5, 5.41) is 11.9. The van der Waals surface area contributed by atoms with Crippen molar-refractivity contribution in [2.24, 2.45) is 0 Å². The Morgan fingerprint density at radius 2 is 1.86 bits per heavy atom. The molecule has 0 radical (unpaired) electrons. The number of phenols is 1. The van der Waals surface area contributed by atoms with Gasteiger partial charge in [-0.05, 0) is 30.7 Å². The van der Waals surface area contributed by atoms with E-state index in [1.54, 1.807) is 0 Å². The smallest absolute Gasteiger partial charge is 0.411 e. The van der Waals surface area contributed by atoms with Crippen LogP contribution in [0, 0.1) is 0 Å². The standard InChI is InChI=1S/C16H15NO4/c1-11(18)14-9-13(19)7-8-15(14)17-16(20)21-10-12-5-3-2-4-6-12/h2-9,19H,10H2,1H3,(H,17,20). The van der Waals surface area contributed by atoms with Crippen LogP contribution in [0.2, 0.25) is 0 Å². The monoisotopic (exact) mass is 285 g/mol. The number of nitrogens with one attached hydrogen (secondary N) is 1. The van der Waals surface area contributed by atoms with Gasteiger partial charge in [0.25, 0.3) is 0 Å². The maximum absolute atomic E-state index is 11.7. The molecule has 21 heavy (non-hydrogen) atoms. The number of ether oxygens (including phenoxy) is 1. The number of carbonyl (C=O) groups excluding carboxylic acids is 2. The molecule has 0 saturated heterocycles. The van der Waals surface area contributed by atoms with E-state index in [2.05, 4.69) is 5.32 Å². The number of amides is 1. The lowest BCUT2D eigenvalue weighted by molar-refractivity contribution is 0.101. The Balaban J connectivity index is 2.01. The van der Waals surface area contributed by atoms with Crippen molar-refractivity contribution in [3.63, 3.8) is 0 Å². The van der Waals surface area contributed by atoms with Gasteiger partial charge in [-0.1, -0.05) is 30.3 Å². The largest absolute Gasteiger partial charge is 0.508 e. The van der Waals surface area contributed by atoms with E-state index in [4.69, 9.17) is 4.74 Å². The zero-order valence-corrected chi connectivity index (χ0v) is 11.5. The van der Waals surface area contributed by atoms with Gasteiger partial charge in [0.15, 0.2) is 5.78 Å². The first-order chi connectivity index (χ1) is 10.1. The molecule has 0 spiro atoms. The fraction of sp³-hybridized carbons (Fsp3) is 0.125. The summed E-state index contributed by atoms with van der Waals surface area (Å²) in [6, 6.07) is 13.4. The Kier molecular flexibility index (Phi) is 4.56. The number of hydrogen-bond donors (Lipinski definition) is 2. The third-order valence-electron chi connectivity index (χ3n) is 2.83. The lowest BCUT2D eigenvalue weighted by atomic mass is 10.1. The number of phenolic OH excluding ortho intramolecular Hbond substituents is 1. The Morgan fingerprint density at radius 3 is 2.52 bits per heavy atom. The second-order valence-electron chi connectivity index (χ2n) is 4.47. The van der Waals surface area contributed by atoms with E-state index in [1.165, 1.54) is 25.1 Å². The summed E-state index contributed by atoms with van der Waals surface area (Å²) in [7, 11) is 0. The van der Waals surface area contributed by atoms with E-state index in [9.17, 15) is 14.7 Å². The van der Waals surface area contributed by atoms with Crippen LogP contribution in [0.1, 0.15) is 22.8 Å². The Bertz CT molecular complexity index is 653. The number of ketones is 1. The van der Waals surface area contributed by atoms with Gasteiger partial charge in [0.2, 0.25) is 0 Å².